The molecular weight excluding hydrogens is 396 g/mol. The third-order valence-electron chi connectivity index (χ3n) is 6.53. The topological polar surface area (TPSA) is 79.2 Å². The van der Waals surface area contributed by atoms with Crippen molar-refractivity contribution < 1.29 is 24.8 Å². The number of thioether (sulfide) groups is 2. The van der Waals surface area contributed by atoms with Crippen LogP contribution in [0, 0.1) is 17.8 Å². The molecule has 0 radical (unpaired) electrons. The molecule has 3 saturated heterocycles. The van der Waals surface area contributed by atoms with Gasteiger partial charge in [0, 0.05) is 25.4 Å². The Hall–Kier alpha value is 0.500. The molecule has 0 aliphatic carbocycles. The summed E-state index contributed by atoms with van der Waals surface area (Å²) in [6, 6.07) is 0. The average molecular weight is 435 g/mol. The summed E-state index contributed by atoms with van der Waals surface area (Å²) in [7, 11) is 0. The van der Waals surface area contributed by atoms with Gasteiger partial charge in [-0.1, -0.05) is 20.8 Å². The SMILES string of the molecule is C[C@@H]1C[C@@H]([C@@H](O)C2(C)SCCCS2)O[C@]2(C1)C[C@@H](C)C[C@@H]([C@@H](O)[C@@H](C)CO)O2. The molecule has 3 fully saturated rings. The first kappa shape index (κ1) is 23.2. The lowest BCUT2D eigenvalue weighted by atomic mass is 9.80. The number of ether oxygens (including phenoxy) is 2. The summed E-state index contributed by atoms with van der Waals surface area (Å²) >= 11 is 3.68. The summed E-state index contributed by atoms with van der Waals surface area (Å²) in [6.07, 6.45) is 2.49. The van der Waals surface area contributed by atoms with Crippen molar-refractivity contribution in [1.29, 1.82) is 0 Å². The van der Waals surface area contributed by atoms with Crippen LogP contribution in [0.5, 0.6) is 0 Å². The highest BCUT2D eigenvalue weighted by atomic mass is 32.2. The minimum Gasteiger partial charge on any atom is -0.396 e. The lowest BCUT2D eigenvalue weighted by molar-refractivity contribution is -0.348. The maximum absolute atomic E-state index is 11.3. The Morgan fingerprint density at radius 2 is 1.54 bits per heavy atom. The van der Waals surface area contributed by atoms with E-state index >= 15 is 0 Å². The van der Waals surface area contributed by atoms with Gasteiger partial charge in [0.2, 0.25) is 0 Å². The van der Waals surface area contributed by atoms with Crippen LogP contribution in [0.25, 0.3) is 0 Å². The first-order valence-electron chi connectivity index (χ1n) is 10.8. The average Bonchev–Trinajstić information content (AvgIpc) is 2.65. The first-order valence-corrected chi connectivity index (χ1v) is 12.8. The van der Waals surface area contributed by atoms with Gasteiger partial charge in [0.1, 0.15) is 6.10 Å². The summed E-state index contributed by atoms with van der Waals surface area (Å²) in [5, 5.41) is 31.4. The molecule has 0 aromatic carbocycles. The second-order valence-corrected chi connectivity index (χ2v) is 12.8. The van der Waals surface area contributed by atoms with Crippen molar-refractivity contribution in [3.05, 3.63) is 0 Å². The Bertz CT molecular complexity index is 511. The fourth-order valence-corrected chi connectivity index (χ4v) is 8.06. The summed E-state index contributed by atoms with van der Waals surface area (Å²) in [6.45, 7) is 8.30. The van der Waals surface area contributed by atoms with Gasteiger partial charge in [0.25, 0.3) is 0 Å². The molecule has 3 rings (SSSR count). The Morgan fingerprint density at radius 1 is 1.00 bits per heavy atom. The van der Waals surface area contributed by atoms with Crippen LogP contribution in [0.1, 0.15) is 59.8 Å². The molecule has 0 bridgehead atoms. The van der Waals surface area contributed by atoms with E-state index in [-0.39, 0.29) is 28.8 Å². The molecule has 0 unspecified atom stereocenters. The normalized spacial score (nSPS) is 42.1. The van der Waals surface area contributed by atoms with Crippen LogP contribution in [0.3, 0.4) is 0 Å². The van der Waals surface area contributed by atoms with Gasteiger partial charge in [0.15, 0.2) is 5.79 Å². The maximum atomic E-state index is 11.3. The summed E-state index contributed by atoms with van der Waals surface area (Å²) in [4.78, 5) is 0. The van der Waals surface area contributed by atoms with Crippen LogP contribution in [-0.4, -0.2) is 67.7 Å². The van der Waals surface area contributed by atoms with E-state index in [1.807, 2.05) is 30.4 Å². The van der Waals surface area contributed by atoms with E-state index in [1.54, 1.807) is 0 Å². The predicted octanol–water partition coefficient (Wildman–Crippen LogP) is 3.25. The van der Waals surface area contributed by atoms with E-state index in [0.717, 1.165) is 37.2 Å². The summed E-state index contributed by atoms with van der Waals surface area (Å²) in [5.41, 5.74) is 0. The van der Waals surface area contributed by atoms with Gasteiger partial charge < -0.3 is 24.8 Å². The number of aliphatic hydroxyl groups excluding tert-OH is 3. The van der Waals surface area contributed by atoms with Gasteiger partial charge in [-0.15, -0.1) is 23.5 Å². The molecule has 3 aliphatic rings. The second-order valence-electron chi connectivity index (χ2n) is 9.48. The fraction of sp³-hybridized carbons (Fsp3) is 1.00. The van der Waals surface area contributed by atoms with Crippen LogP contribution >= 0.6 is 23.5 Å². The molecule has 164 valence electrons. The van der Waals surface area contributed by atoms with Crippen LogP contribution in [-0.2, 0) is 9.47 Å². The molecule has 3 heterocycles. The maximum Gasteiger partial charge on any atom is 0.169 e. The van der Waals surface area contributed by atoms with Crippen molar-refractivity contribution in [3.8, 4) is 0 Å². The van der Waals surface area contributed by atoms with Crippen molar-refractivity contribution >= 4 is 23.5 Å². The van der Waals surface area contributed by atoms with Crippen molar-refractivity contribution in [3.63, 3.8) is 0 Å². The van der Waals surface area contributed by atoms with E-state index in [4.69, 9.17) is 9.47 Å². The molecule has 3 N–H and O–H groups in total. The van der Waals surface area contributed by atoms with Crippen LogP contribution in [0.2, 0.25) is 0 Å². The molecule has 3 aliphatic heterocycles. The monoisotopic (exact) mass is 434 g/mol. The van der Waals surface area contributed by atoms with Crippen LogP contribution < -0.4 is 0 Å². The van der Waals surface area contributed by atoms with Crippen LogP contribution in [0.4, 0.5) is 0 Å². The zero-order valence-electron chi connectivity index (χ0n) is 17.7. The van der Waals surface area contributed by atoms with Gasteiger partial charge in [-0.25, -0.2) is 0 Å². The molecule has 5 nitrogen and oxygen atoms in total. The summed E-state index contributed by atoms with van der Waals surface area (Å²) < 4.78 is 12.7. The predicted molar refractivity (Wildman–Crippen MR) is 115 cm³/mol. The molecule has 0 saturated carbocycles. The third kappa shape index (κ3) is 5.04. The number of hydrogen-bond donors (Lipinski definition) is 3. The van der Waals surface area contributed by atoms with Crippen molar-refractivity contribution in [1.82, 2.24) is 0 Å². The van der Waals surface area contributed by atoms with E-state index < -0.39 is 18.0 Å². The second kappa shape index (κ2) is 9.33. The largest absolute Gasteiger partial charge is 0.396 e. The Morgan fingerprint density at radius 3 is 2.11 bits per heavy atom. The Labute approximate surface area is 178 Å². The van der Waals surface area contributed by atoms with Gasteiger partial charge in [-0.3, -0.25) is 0 Å². The van der Waals surface area contributed by atoms with Crippen molar-refractivity contribution in [2.45, 2.75) is 94.1 Å². The minimum atomic E-state index is -0.748. The molecule has 0 amide bonds. The molecule has 1 spiro atoms. The lowest BCUT2D eigenvalue weighted by Gasteiger charge is -2.52. The zero-order chi connectivity index (χ0) is 20.5. The standard InChI is InChI=1S/C21H38O5S2/c1-13-8-16(18(23)15(3)12-22)25-21(10-13)11-14(2)9-17(26-21)19(24)20(4)27-6-5-7-28-20/h13-19,22-24H,5-12H2,1-4H3/t13-,14+,15-,16-,17-,18-,19+,21-/m0/s1. The molecule has 0 aromatic heterocycles. The number of hydrogen-bond acceptors (Lipinski definition) is 7. The lowest BCUT2D eigenvalue weighted by Crippen LogP contribution is -2.58. The van der Waals surface area contributed by atoms with Gasteiger partial charge in [-0.05, 0) is 49.5 Å². The minimum absolute atomic E-state index is 0.0617. The summed E-state index contributed by atoms with van der Waals surface area (Å²) in [5.74, 6) is 1.92. The van der Waals surface area contributed by atoms with Gasteiger partial charge in [-0.2, -0.15) is 0 Å². The smallest absolute Gasteiger partial charge is 0.169 e. The zero-order valence-corrected chi connectivity index (χ0v) is 19.3. The molecular formula is C21H38O5S2. The quantitative estimate of drug-likeness (QED) is 0.613. The highest BCUT2D eigenvalue weighted by Gasteiger charge is 2.52. The van der Waals surface area contributed by atoms with Crippen LogP contribution in [0.15, 0.2) is 0 Å². The van der Waals surface area contributed by atoms with E-state index in [9.17, 15) is 15.3 Å². The fourth-order valence-electron chi connectivity index (χ4n) is 5.01. The van der Waals surface area contributed by atoms with E-state index in [0.29, 0.717) is 11.8 Å². The first-order chi connectivity index (χ1) is 13.2. The highest BCUT2D eigenvalue weighted by Crippen LogP contribution is 2.50. The molecule has 8 atom stereocenters. The molecule has 0 aromatic rings. The van der Waals surface area contributed by atoms with Gasteiger partial charge in [0.05, 0.1) is 22.4 Å². The van der Waals surface area contributed by atoms with Crippen molar-refractivity contribution in [2.75, 3.05) is 18.1 Å². The van der Waals surface area contributed by atoms with E-state index in [2.05, 4.69) is 20.8 Å². The van der Waals surface area contributed by atoms with Gasteiger partial charge >= 0.3 is 0 Å². The Kier molecular flexibility index (Phi) is 7.72. The molecule has 7 heteroatoms. The highest BCUT2D eigenvalue weighted by molar-refractivity contribution is 8.18. The third-order valence-corrected chi connectivity index (χ3v) is 9.85. The van der Waals surface area contributed by atoms with Crippen molar-refractivity contribution in [2.24, 2.45) is 17.8 Å². The number of rotatable bonds is 5. The van der Waals surface area contributed by atoms with E-state index in [1.165, 1.54) is 6.42 Å². The number of aliphatic hydroxyl groups is 3. The molecule has 28 heavy (non-hydrogen) atoms. The Balaban J connectivity index is 1.76.